The van der Waals surface area contributed by atoms with Gasteiger partial charge in [0.15, 0.2) is 0 Å². The maximum atomic E-state index is 13.3. The highest BCUT2D eigenvalue weighted by Gasteiger charge is 2.42. The first-order chi connectivity index (χ1) is 16.0. The van der Waals surface area contributed by atoms with E-state index in [0.29, 0.717) is 5.69 Å². The van der Waals surface area contributed by atoms with Crippen LogP contribution in [0, 0.1) is 0 Å². The molecule has 2 amide bonds. The second-order valence-electron chi connectivity index (χ2n) is 8.83. The normalized spacial score (nSPS) is 18.1. The SMILES string of the molecule is CN(C)C(c1ccc(S(N)(=O)=NC(=O)N=Nc2c3c(cc4c2CCC4)CCC3)cc1)C(F)(F)F. The molecule has 0 heterocycles. The summed E-state index contributed by atoms with van der Waals surface area (Å²) < 4.78 is 56.4. The van der Waals surface area contributed by atoms with Crippen LogP contribution in [0.4, 0.5) is 23.7 Å². The molecule has 0 radical (unpaired) electrons. The molecule has 0 aromatic heterocycles. The maximum absolute atomic E-state index is 13.3. The van der Waals surface area contributed by atoms with Crippen molar-refractivity contribution in [3.05, 3.63) is 58.1 Å². The van der Waals surface area contributed by atoms with Crippen molar-refractivity contribution in [3.63, 3.8) is 0 Å². The van der Waals surface area contributed by atoms with E-state index in [4.69, 9.17) is 5.14 Å². The molecular formula is C23H26F3N5O2S. The van der Waals surface area contributed by atoms with Crippen molar-refractivity contribution in [1.82, 2.24) is 4.90 Å². The Balaban J connectivity index is 1.59. The van der Waals surface area contributed by atoms with Gasteiger partial charge in [0.25, 0.3) is 0 Å². The van der Waals surface area contributed by atoms with Crippen LogP contribution in [-0.2, 0) is 35.6 Å². The Morgan fingerprint density at radius 1 is 1.03 bits per heavy atom. The molecule has 0 bridgehead atoms. The van der Waals surface area contributed by atoms with Gasteiger partial charge in [-0.3, -0.25) is 4.90 Å². The number of aryl methyl sites for hydroxylation is 2. The molecule has 2 unspecified atom stereocenters. The van der Waals surface area contributed by atoms with E-state index in [0.717, 1.165) is 54.6 Å². The number of halogens is 3. The molecule has 2 aliphatic rings. The zero-order valence-electron chi connectivity index (χ0n) is 18.9. The second-order valence-corrected chi connectivity index (χ2v) is 10.6. The molecule has 7 nitrogen and oxygen atoms in total. The maximum Gasteiger partial charge on any atom is 0.408 e. The summed E-state index contributed by atoms with van der Waals surface area (Å²) in [7, 11) is -1.08. The number of fused-ring (bicyclic) bond motifs is 2. The van der Waals surface area contributed by atoms with Crippen LogP contribution >= 0.6 is 0 Å². The first-order valence-corrected chi connectivity index (χ1v) is 12.6. The number of amides is 2. The van der Waals surface area contributed by atoms with E-state index in [1.54, 1.807) is 0 Å². The third-order valence-electron chi connectivity index (χ3n) is 6.25. The molecule has 4 rings (SSSR count). The van der Waals surface area contributed by atoms with E-state index in [1.807, 2.05) is 0 Å². The number of alkyl halides is 3. The first kappa shape index (κ1) is 24.5. The van der Waals surface area contributed by atoms with Crippen molar-refractivity contribution < 1.29 is 22.2 Å². The summed E-state index contributed by atoms with van der Waals surface area (Å²) in [4.78, 5) is 13.3. The lowest BCUT2D eigenvalue weighted by atomic mass is 9.99. The number of hydrogen-bond acceptors (Lipinski definition) is 4. The van der Waals surface area contributed by atoms with Gasteiger partial charge in [-0.25, -0.2) is 14.1 Å². The van der Waals surface area contributed by atoms with Crippen LogP contribution in [0.1, 0.15) is 46.7 Å². The second kappa shape index (κ2) is 9.20. The van der Waals surface area contributed by atoms with E-state index in [9.17, 15) is 22.2 Å². The highest BCUT2D eigenvalue weighted by Crippen LogP contribution is 2.40. The number of rotatable bonds is 4. The Morgan fingerprint density at radius 2 is 1.59 bits per heavy atom. The molecule has 0 aliphatic heterocycles. The smallest absolute Gasteiger partial charge is 0.295 e. The summed E-state index contributed by atoms with van der Waals surface area (Å²) in [6, 6.07) is 4.02. The Hall–Kier alpha value is -2.63. The van der Waals surface area contributed by atoms with E-state index in [1.165, 1.54) is 49.5 Å². The first-order valence-electron chi connectivity index (χ1n) is 11.0. The van der Waals surface area contributed by atoms with Gasteiger partial charge in [0.2, 0.25) is 0 Å². The minimum absolute atomic E-state index is 0.0470. The molecule has 182 valence electrons. The molecule has 11 heteroatoms. The van der Waals surface area contributed by atoms with Gasteiger partial charge in [-0.2, -0.15) is 13.2 Å². The van der Waals surface area contributed by atoms with Gasteiger partial charge >= 0.3 is 12.2 Å². The number of hydrogen-bond donors (Lipinski definition) is 1. The van der Waals surface area contributed by atoms with Crippen molar-refractivity contribution in [2.75, 3.05) is 14.1 Å². The van der Waals surface area contributed by atoms with E-state index < -0.39 is 28.2 Å². The van der Waals surface area contributed by atoms with Crippen molar-refractivity contribution in [1.29, 1.82) is 0 Å². The Kier molecular flexibility index (Phi) is 6.63. The predicted octanol–water partition coefficient (Wildman–Crippen LogP) is 5.43. The monoisotopic (exact) mass is 493 g/mol. The summed E-state index contributed by atoms with van der Waals surface area (Å²) in [6.07, 6.45) is 1.23. The fourth-order valence-electron chi connectivity index (χ4n) is 4.81. The van der Waals surface area contributed by atoms with Crippen LogP contribution in [0.5, 0.6) is 0 Å². The van der Waals surface area contributed by atoms with Crippen LogP contribution in [0.3, 0.4) is 0 Å². The molecular weight excluding hydrogens is 467 g/mol. The molecule has 2 atom stereocenters. The largest absolute Gasteiger partial charge is 0.408 e. The Morgan fingerprint density at radius 3 is 2.09 bits per heavy atom. The van der Waals surface area contributed by atoms with Gasteiger partial charge < -0.3 is 0 Å². The van der Waals surface area contributed by atoms with Crippen molar-refractivity contribution >= 4 is 21.6 Å². The summed E-state index contributed by atoms with van der Waals surface area (Å²) in [6.45, 7) is 0. The fraction of sp³-hybridized carbons (Fsp3) is 0.435. The zero-order chi connectivity index (χ0) is 24.7. The molecule has 2 N–H and O–H groups in total. The third-order valence-corrected chi connectivity index (χ3v) is 7.63. The van der Waals surface area contributed by atoms with E-state index in [-0.39, 0.29) is 10.5 Å². The molecule has 0 fully saturated rings. The predicted molar refractivity (Wildman–Crippen MR) is 122 cm³/mol. The summed E-state index contributed by atoms with van der Waals surface area (Å²) in [5.74, 6) is 0. The number of nitrogens with two attached hydrogens (primary N) is 1. The molecule has 0 saturated heterocycles. The number of benzene rings is 2. The Labute approximate surface area is 196 Å². The molecule has 0 saturated carbocycles. The average molecular weight is 494 g/mol. The quantitative estimate of drug-likeness (QED) is 0.575. The van der Waals surface area contributed by atoms with Crippen LogP contribution in [0.2, 0.25) is 0 Å². The van der Waals surface area contributed by atoms with Gasteiger partial charge in [0, 0.05) is 0 Å². The Bertz CT molecular complexity index is 1230. The van der Waals surface area contributed by atoms with Crippen LogP contribution in [0.25, 0.3) is 0 Å². The molecule has 0 spiro atoms. The number of carbonyl (C=O) groups excluding carboxylic acids is 1. The van der Waals surface area contributed by atoms with Crippen molar-refractivity contribution in [3.8, 4) is 0 Å². The number of urea groups is 1. The molecule has 2 aromatic carbocycles. The summed E-state index contributed by atoms with van der Waals surface area (Å²) in [5, 5.41) is 13.6. The standard InChI is InChI=1S/C23H26F3N5O2S/c1-31(2)21(23(24,25)26)14-9-11-17(12-10-14)34(27,33)30-22(32)29-28-20-18-7-3-5-15(18)13-16-6-4-8-19(16)20/h9-13,21H,3-8H2,1-2H3,(H2,27,30,32,33). The van der Waals surface area contributed by atoms with Crippen LogP contribution in [-0.4, -0.2) is 35.4 Å². The van der Waals surface area contributed by atoms with Gasteiger partial charge in [-0.15, -0.1) is 9.48 Å². The summed E-state index contributed by atoms with van der Waals surface area (Å²) in [5.41, 5.74) is 5.32. The van der Waals surface area contributed by atoms with Gasteiger partial charge in [-0.1, -0.05) is 23.3 Å². The van der Waals surface area contributed by atoms with Crippen molar-refractivity contribution in [2.24, 2.45) is 19.7 Å². The molecule has 34 heavy (non-hydrogen) atoms. The highest BCUT2D eigenvalue weighted by atomic mass is 32.2. The van der Waals surface area contributed by atoms with E-state index >= 15 is 0 Å². The topological polar surface area (TPSA) is 100 Å². The lowest BCUT2D eigenvalue weighted by molar-refractivity contribution is -0.179. The fourth-order valence-corrected chi connectivity index (χ4v) is 5.71. The molecule has 2 aromatic rings. The average Bonchev–Trinajstić information content (AvgIpc) is 3.39. The van der Waals surface area contributed by atoms with Crippen LogP contribution in [0.15, 0.2) is 49.8 Å². The number of azo groups is 1. The number of nitrogens with zero attached hydrogens (tertiary/aromatic N) is 4. The van der Waals surface area contributed by atoms with E-state index in [2.05, 4.69) is 20.7 Å². The minimum atomic E-state index is -4.49. The highest BCUT2D eigenvalue weighted by molar-refractivity contribution is 7.91. The zero-order valence-corrected chi connectivity index (χ0v) is 19.7. The number of carbonyl (C=O) groups is 1. The van der Waals surface area contributed by atoms with Gasteiger partial charge in [0.1, 0.15) is 16.0 Å². The summed E-state index contributed by atoms with van der Waals surface area (Å²) >= 11 is 0. The molecule has 2 aliphatic carbocycles. The third kappa shape index (κ3) is 4.91. The minimum Gasteiger partial charge on any atom is -0.295 e. The van der Waals surface area contributed by atoms with Crippen LogP contribution < -0.4 is 5.14 Å². The van der Waals surface area contributed by atoms with Gasteiger partial charge in [-0.05, 0) is 92.6 Å². The lowest BCUT2D eigenvalue weighted by Gasteiger charge is -2.27. The van der Waals surface area contributed by atoms with Crippen molar-refractivity contribution in [2.45, 2.75) is 55.6 Å². The lowest BCUT2D eigenvalue weighted by Crippen LogP contribution is -2.33. The van der Waals surface area contributed by atoms with Gasteiger partial charge in [0.05, 0.1) is 10.6 Å².